The van der Waals surface area contributed by atoms with Crippen molar-refractivity contribution in [1.29, 1.82) is 0 Å². The van der Waals surface area contributed by atoms with Crippen molar-refractivity contribution in [2.45, 2.75) is 63.4 Å². The van der Waals surface area contributed by atoms with E-state index in [1.165, 1.54) is 18.4 Å². The number of carbonyl (C=O) groups excluding carboxylic acids is 1. The van der Waals surface area contributed by atoms with Crippen LogP contribution in [0, 0.1) is 0 Å². The van der Waals surface area contributed by atoms with Gasteiger partial charge in [0, 0.05) is 37.8 Å². The van der Waals surface area contributed by atoms with Crippen molar-refractivity contribution in [3.05, 3.63) is 53.7 Å². The fourth-order valence-electron chi connectivity index (χ4n) is 5.06. The maximum atomic E-state index is 11.4. The van der Waals surface area contributed by atoms with Crippen molar-refractivity contribution in [3.63, 3.8) is 0 Å². The lowest BCUT2D eigenvalue weighted by atomic mass is 9.96. The van der Waals surface area contributed by atoms with Gasteiger partial charge in [0.25, 0.3) is 5.88 Å². The van der Waals surface area contributed by atoms with Gasteiger partial charge in [0.2, 0.25) is 5.91 Å². The average Bonchev–Trinajstić information content (AvgIpc) is 2.95. The van der Waals surface area contributed by atoms with Crippen molar-refractivity contribution in [2.24, 2.45) is 0 Å². The molecule has 1 aromatic heterocycles. The third-order valence-corrected chi connectivity index (χ3v) is 6.39. The summed E-state index contributed by atoms with van der Waals surface area (Å²) in [6, 6.07) is 13.9. The zero-order valence-corrected chi connectivity index (χ0v) is 16.7. The number of rotatable bonds is 4. The highest BCUT2D eigenvalue weighted by atomic mass is 16.6. The molecule has 3 aliphatic heterocycles. The van der Waals surface area contributed by atoms with E-state index < -0.39 is 0 Å². The van der Waals surface area contributed by atoms with E-state index in [1.54, 1.807) is 13.1 Å². The van der Waals surface area contributed by atoms with E-state index in [1.807, 2.05) is 12.1 Å². The number of benzene rings is 1. The van der Waals surface area contributed by atoms with E-state index in [-0.39, 0.29) is 12.0 Å². The van der Waals surface area contributed by atoms with Gasteiger partial charge in [-0.1, -0.05) is 24.3 Å². The first-order valence-corrected chi connectivity index (χ1v) is 10.5. The summed E-state index contributed by atoms with van der Waals surface area (Å²) in [6.45, 7) is 3.08. The molecule has 6 nitrogen and oxygen atoms in total. The normalized spacial score (nSPS) is 28.2. The van der Waals surface area contributed by atoms with Gasteiger partial charge in [-0.2, -0.15) is 0 Å². The molecule has 2 fully saturated rings. The summed E-state index contributed by atoms with van der Waals surface area (Å²) in [5.41, 5.74) is 2.43. The lowest BCUT2D eigenvalue weighted by Crippen LogP contribution is -2.49. The number of amides is 1. The summed E-state index contributed by atoms with van der Waals surface area (Å²) in [7, 11) is 0. The lowest BCUT2D eigenvalue weighted by molar-refractivity contribution is -0.120. The molecule has 2 bridgehead atoms. The van der Waals surface area contributed by atoms with Gasteiger partial charge < -0.3 is 14.8 Å². The Morgan fingerprint density at radius 3 is 2.66 bits per heavy atom. The van der Waals surface area contributed by atoms with Crippen LogP contribution in [0.1, 0.15) is 49.8 Å². The van der Waals surface area contributed by atoms with Gasteiger partial charge in [0.15, 0.2) is 11.9 Å². The van der Waals surface area contributed by atoms with Crippen LogP contribution in [-0.4, -0.2) is 40.5 Å². The Morgan fingerprint density at radius 2 is 1.93 bits per heavy atom. The van der Waals surface area contributed by atoms with E-state index in [0.717, 1.165) is 24.9 Å². The van der Waals surface area contributed by atoms with Crippen LogP contribution in [0.5, 0.6) is 11.6 Å². The Kier molecular flexibility index (Phi) is 4.87. The lowest BCUT2D eigenvalue weighted by Gasteiger charge is -2.39. The minimum absolute atomic E-state index is 0.0881. The SMILES string of the molecule is CC(=O)NC1C[C@@H]2CC[C@@H](C1)N2Cc1ccc([C@H]2COc3cccnc3O2)cc1. The van der Waals surface area contributed by atoms with Crippen LogP contribution in [0.3, 0.4) is 0 Å². The topological polar surface area (TPSA) is 63.7 Å². The second kappa shape index (κ2) is 7.67. The Labute approximate surface area is 171 Å². The molecule has 6 heteroatoms. The highest BCUT2D eigenvalue weighted by molar-refractivity contribution is 5.73. The Morgan fingerprint density at radius 1 is 1.17 bits per heavy atom. The molecule has 3 aliphatic rings. The highest BCUT2D eigenvalue weighted by Crippen LogP contribution is 2.37. The zero-order valence-electron chi connectivity index (χ0n) is 16.7. The smallest absolute Gasteiger partial charge is 0.257 e. The predicted octanol–water partition coefficient (Wildman–Crippen LogP) is 3.23. The van der Waals surface area contributed by atoms with Crippen LogP contribution in [0.2, 0.25) is 0 Å². The number of fused-ring (bicyclic) bond motifs is 3. The van der Waals surface area contributed by atoms with E-state index in [0.29, 0.717) is 36.4 Å². The van der Waals surface area contributed by atoms with E-state index >= 15 is 0 Å². The molecular formula is C23H27N3O3. The quantitative estimate of drug-likeness (QED) is 0.864. The monoisotopic (exact) mass is 393 g/mol. The van der Waals surface area contributed by atoms with Gasteiger partial charge in [0.05, 0.1) is 0 Å². The Bertz CT molecular complexity index is 871. The van der Waals surface area contributed by atoms with E-state index in [2.05, 4.69) is 39.5 Å². The number of hydrogen-bond donors (Lipinski definition) is 1. The molecule has 3 atom stereocenters. The van der Waals surface area contributed by atoms with Crippen LogP contribution < -0.4 is 14.8 Å². The Balaban J connectivity index is 1.22. The molecule has 0 unspecified atom stereocenters. The van der Waals surface area contributed by atoms with Crippen molar-refractivity contribution < 1.29 is 14.3 Å². The van der Waals surface area contributed by atoms with Crippen LogP contribution >= 0.6 is 0 Å². The van der Waals surface area contributed by atoms with Crippen molar-refractivity contribution in [2.75, 3.05) is 6.61 Å². The number of pyridine rings is 1. The first kappa shape index (κ1) is 18.4. The number of aromatic nitrogens is 1. The summed E-state index contributed by atoms with van der Waals surface area (Å²) in [6.07, 6.45) is 6.19. The van der Waals surface area contributed by atoms with Crippen molar-refractivity contribution in [1.82, 2.24) is 15.2 Å². The molecule has 0 saturated carbocycles. The molecule has 1 aromatic carbocycles. The van der Waals surface area contributed by atoms with Gasteiger partial charge in [0.1, 0.15) is 6.61 Å². The van der Waals surface area contributed by atoms with Crippen LogP contribution in [-0.2, 0) is 11.3 Å². The molecule has 2 saturated heterocycles. The number of nitrogens with zero attached hydrogens (tertiary/aromatic N) is 2. The van der Waals surface area contributed by atoms with Crippen LogP contribution in [0.4, 0.5) is 0 Å². The number of carbonyl (C=O) groups is 1. The predicted molar refractivity (Wildman–Crippen MR) is 109 cm³/mol. The molecule has 2 aromatic rings. The fraction of sp³-hybridized carbons (Fsp3) is 0.478. The number of ether oxygens (including phenoxy) is 2. The maximum absolute atomic E-state index is 11.4. The molecule has 0 radical (unpaired) electrons. The van der Waals surface area contributed by atoms with Gasteiger partial charge >= 0.3 is 0 Å². The zero-order chi connectivity index (χ0) is 19.8. The number of piperidine rings is 1. The molecule has 4 heterocycles. The van der Waals surface area contributed by atoms with E-state index in [9.17, 15) is 4.79 Å². The van der Waals surface area contributed by atoms with Crippen LogP contribution in [0.25, 0.3) is 0 Å². The summed E-state index contributed by atoms with van der Waals surface area (Å²) < 4.78 is 11.8. The molecule has 0 aliphatic carbocycles. The van der Waals surface area contributed by atoms with Crippen molar-refractivity contribution >= 4 is 5.91 Å². The first-order chi connectivity index (χ1) is 14.2. The molecule has 1 N–H and O–H groups in total. The maximum Gasteiger partial charge on any atom is 0.257 e. The van der Waals surface area contributed by atoms with Gasteiger partial charge in [-0.05, 0) is 48.9 Å². The molecule has 0 spiro atoms. The number of hydrogen-bond acceptors (Lipinski definition) is 5. The summed E-state index contributed by atoms with van der Waals surface area (Å²) >= 11 is 0. The summed E-state index contributed by atoms with van der Waals surface area (Å²) in [5, 5.41) is 3.12. The fourth-order valence-corrected chi connectivity index (χ4v) is 5.06. The largest absolute Gasteiger partial charge is 0.484 e. The summed E-state index contributed by atoms with van der Waals surface area (Å²) in [5.74, 6) is 1.36. The van der Waals surface area contributed by atoms with Gasteiger partial charge in [-0.25, -0.2) is 4.98 Å². The molecule has 29 heavy (non-hydrogen) atoms. The minimum atomic E-state index is -0.129. The van der Waals surface area contributed by atoms with Gasteiger partial charge in [-0.15, -0.1) is 0 Å². The summed E-state index contributed by atoms with van der Waals surface area (Å²) in [4.78, 5) is 18.3. The molecule has 1 amide bonds. The van der Waals surface area contributed by atoms with Crippen molar-refractivity contribution in [3.8, 4) is 11.6 Å². The second-order valence-electron chi connectivity index (χ2n) is 8.39. The third-order valence-electron chi connectivity index (χ3n) is 6.39. The van der Waals surface area contributed by atoms with Crippen LogP contribution in [0.15, 0.2) is 42.6 Å². The third kappa shape index (κ3) is 3.81. The first-order valence-electron chi connectivity index (χ1n) is 10.5. The minimum Gasteiger partial charge on any atom is -0.484 e. The van der Waals surface area contributed by atoms with Gasteiger partial charge in [-0.3, -0.25) is 9.69 Å². The highest BCUT2D eigenvalue weighted by Gasteiger charge is 2.40. The molecule has 152 valence electrons. The standard InChI is InChI=1S/C23H27N3O3/c1-15(27)25-18-11-19-8-9-20(12-18)26(19)13-16-4-6-17(7-5-16)22-14-28-21-3-2-10-24-23(21)29-22/h2-7,10,18-20,22H,8-9,11-14H2,1H3,(H,25,27)/t19-,20-,22+/m0/s1. The Hall–Kier alpha value is -2.60. The average molecular weight is 393 g/mol. The van der Waals surface area contributed by atoms with E-state index in [4.69, 9.17) is 9.47 Å². The molecule has 5 rings (SSSR count). The second-order valence-corrected chi connectivity index (χ2v) is 8.39. The number of nitrogens with one attached hydrogen (secondary N) is 1. The molecular weight excluding hydrogens is 366 g/mol.